The Hall–Kier alpha value is -1.96. The highest BCUT2D eigenvalue weighted by Crippen LogP contribution is 2.27. The predicted octanol–water partition coefficient (Wildman–Crippen LogP) is 3.62. The Kier molecular flexibility index (Phi) is 3.88. The fourth-order valence-electron chi connectivity index (χ4n) is 2.14. The van der Waals surface area contributed by atoms with E-state index in [2.05, 4.69) is 37.3 Å². The predicted molar refractivity (Wildman–Crippen MR) is 76.0 cm³/mol. The summed E-state index contributed by atoms with van der Waals surface area (Å²) in [5.74, 6) is 1.19. The van der Waals surface area contributed by atoms with Crippen LogP contribution in [-0.2, 0) is 6.42 Å². The Labute approximate surface area is 108 Å². The topological polar surface area (TPSA) is 35.2 Å². The van der Waals surface area contributed by atoms with Crippen molar-refractivity contribution in [2.75, 3.05) is 12.8 Å². The third kappa shape index (κ3) is 2.83. The highest BCUT2D eigenvalue weighted by atomic mass is 16.5. The maximum absolute atomic E-state index is 5.94. The van der Waals surface area contributed by atoms with Crippen LogP contribution >= 0.6 is 0 Å². The monoisotopic (exact) mass is 241 g/mol. The molecule has 0 spiro atoms. The first-order valence-electron chi connectivity index (χ1n) is 6.18. The molecule has 0 aliphatic carbocycles. The number of hydrogen-bond donors (Lipinski definition) is 1. The minimum absolute atomic E-state index is 0.445. The van der Waals surface area contributed by atoms with Crippen LogP contribution in [0, 0.1) is 0 Å². The summed E-state index contributed by atoms with van der Waals surface area (Å²) >= 11 is 0. The van der Waals surface area contributed by atoms with Gasteiger partial charge in [0.1, 0.15) is 5.75 Å². The minimum Gasteiger partial charge on any atom is -0.495 e. The molecule has 1 unspecified atom stereocenters. The van der Waals surface area contributed by atoms with Crippen molar-refractivity contribution in [1.29, 1.82) is 0 Å². The molecule has 0 aliphatic rings. The van der Waals surface area contributed by atoms with Gasteiger partial charge in [0.05, 0.1) is 12.8 Å². The second kappa shape index (κ2) is 5.58. The van der Waals surface area contributed by atoms with Gasteiger partial charge in [0.25, 0.3) is 0 Å². The second-order valence-corrected chi connectivity index (χ2v) is 4.59. The highest BCUT2D eigenvalue weighted by molar-refractivity contribution is 5.54. The van der Waals surface area contributed by atoms with Crippen molar-refractivity contribution in [1.82, 2.24) is 0 Å². The lowest BCUT2D eigenvalue weighted by Crippen LogP contribution is -2.00. The molecule has 0 saturated heterocycles. The number of anilines is 1. The summed E-state index contributed by atoms with van der Waals surface area (Å²) < 4.78 is 5.17. The van der Waals surface area contributed by atoms with Crippen molar-refractivity contribution in [2.45, 2.75) is 19.3 Å². The molecule has 0 saturated carbocycles. The van der Waals surface area contributed by atoms with Crippen LogP contribution in [0.4, 0.5) is 5.69 Å². The zero-order valence-electron chi connectivity index (χ0n) is 10.9. The Bertz CT molecular complexity index is 508. The normalized spacial score (nSPS) is 12.1. The average Bonchev–Trinajstić information content (AvgIpc) is 2.39. The van der Waals surface area contributed by atoms with E-state index in [0.29, 0.717) is 11.6 Å². The van der Waals surface area contributed by atoms with E-state index in [1.54, 1.807) is 7.11 Å². The standard InChI is InChI=1S/C16H19NO/c1-12(10-13-6-4-3-5-7-13)14-8-9-16(18-2)15(17)11-14/h3-9,11-12H,10,17H2,1-2H3. The molecule has 2 aromatic rings. The van der Waals surface area contributed by atoms with Crippen LogP contribution < -0.4 is 10.5 Å². The Morgan fingerprint density at radius 3 is 2.44 bits per heavy atom. The molecule has 0 radical (unpaired) electrons. The Morgan fingerprint density at radius 2 is 1.83 bits per heavy atom. The van der Waals surface area contributed by atoms with Gasteiger partial charge in [-0.25, -0.2) is 0 Å². The first-order chi connectivity index (χ1) is 8.70. The summed E-state index contributed by atoms with van der Waals surface area (Å²) in [6.07, 6.45) is 1.02. The summed E-state index contributed by atoms with van der Waals surface area (Å²) in [5, 5.41) is 0. The van der Waals surface area contributed by atoms with E-state index >= 15 is 0 Å². The average molecular weight is 241 g/mol. The van der Waals surface area contributed by atoms with E-state index in [1.165, 1.54) is 11.1 Å². The molecular weight excluding hydrogens is 222 g/mol. The molecule has 2 N–H and O–H groups in total. The fourth-order valence-corrected chi connectivity index (χ4v) is 2.14. The molecule has 0 aromatic heterocycles. The first-order valence-corrected chi connectivity index (χ1v) is 6.18. The molecule has 94 valence electrons. The van der Waals surface area contributed by atoms with Gasteiger partial charge in [0, 0.05) is 0 Å². The molecular formula is C16H19NO. The van der Waals surface area contributed by atoms with Crippen LogP contribution in [0.15, 0.2) is 48.5 Å². The van der Waals surface area contributed by atoms with Crippen LogP contribution in [0.5, 0.6) is 5.75 Å². The summed E-state index contributed by atoms with van der Waals surface area (Å²) in [5.41, 5.74) is 9.24. The zero-order valence-corrected chi connectivity index (χ0v) is 10.9. The Morgan fingerprint density at radius 1 is 1.11 bits per heavy atom. The van der Waals surface area contributed by atoms with E-state index in [9.17, 15) is 0 Å². The minimum atomic E-state index is 0.445. The van der Waals surface area contributed by atoms with Crippen molar-refractivity contribution in [2.24, 2.45) is 0 Å². The quantitative estimate of drug-likeness (QED) is 0.830. The molecule has 0 heterocycles. The summed E-state index contributed by atoms with van der Waals surface area (Å²) in [7, 11) is 1.64. The van der Waals surface area contributed by atoms with Crippen molar-refractivity contribution in [3.05, 3.63) is 59.7 Å². The van der Waals surface area contributed by atoms with Gasteiger partial charge in [-0.1, -0.05) is 43.3 Å². The molecule has 0 bridgehead atoms. The molecule has 2 rings (SSSR count). The number of hydrogen-bond acceptors (Lipinski definition) is 2. The first kappa shape index (κ1) is 12.5. The van der Waals surface area contributed by atoms with Gasteiger partial charge in [0.2, 0.25) is 0 Å². The smallest absolute Gasteiger partial charge is 0.141 e. The zero-order chi connectivity index (χ0) is 13.0. The van der Waals surface area contributed by atoms with Gasteiger partial charge in [-0.15, -0.1) is 0 Å². The van der Waals surface area contributed by atoms with E-state index < -0.39 is 0 Å². The summed E-state index contributed by atoms with van der Waals surface area (Å²) in [4.78, 5) is 0. The van der Waals surface area contributed by atoms with Crippen LogP contribution in [-0.4, -0.2) is 7.11 Å². The second-order valence-electron chi connectivity index (χ2n) is 4.59. The molecule has 1 atom stereocenters. The maximum Gasteiger partial charge on any atom is 0.141 e. The lowest BCUT2D eigenvalue weighted by atomic mass is 9.93. The van der Waals surface area contributed by atoms with Gasteiger partial charge in [-0.2, -0.15) is 0 Å². The van der Waals surface area contributed by atoms with Crippen molar-refractivity contribution >= 4 is 5.69 Å². The molecule has 2 aromatic carbocycles. The van der Waals surface area contributed by atoms with E-state index in [-0.39, 0.29) is 0 Å². The highest BCUT2D eigenvalue weighted by Gasteiger charge is 2.08. The van der Waals surface area contributed by atoms with Gasteiger partial charge < -0.3 is 10.5 Å². The summed E-state index contributed by atoms with van der Waals surface area (Å²) in [6, 6.07) is 16.5. The number of nitrogen functional groups attached to an aromatic ring is 1. The lowest BCUT2D eigenvalue weighted by Gasteiger charge is -2.14. The number of methoxy groups -OCH3 is 1. The third-order valence-corrected chi connectivity index (χ3v) is 3.21. The lowest BCUT2D eigenvalue weighted by molar-refractivity contribution is 0.416. The van der Waals surface area contributed by atoms with Crippen LogP contribution in [0.25, 0.3) is 0 Å². The largest absolute Gasteiger partial charge is 0.495 e. The molecule has 0 amide bonds. The van der Waals surface area contributed by atoms with Gasteiger partial charge in [0.15, 0.2) is 0 Å². The van der Waals surface area contributed by atoms with Crippen LogP contribution in [0.3, 0.4) is 0 Å². The van der Waals surface area contributed by atoms with E-state index in [0.717, 1.165) is 12.2 Å². The third-order valence-electron chi connectivity index (χ3n) is 3.21. The number of ether oxygens (including phenoxy) is 1. The van der Waals surface area contributed by atoms with Gasteiger partial charge in [-0.05, 0) is 35.6 Å². The number of nitrogens with two attached hydrogens (primary N) is 1. The van der Waals surface area contributed by atoms with Crippen LogP contribution in [0.1, 0.15) is 24.0 Å². The number of rotatable bonds is 4. The maximum atomic E-state index is 5.94. The van der Waals surface area contributed by atoms with Gasteiger partial charge in [-0.3, -0.25) is 0 Å². The van der Waals surface area contributed by atoms with E-state index in [4.69, 9.17) is 10.5 Å². The molecule has 0 aliphatic heterocycles. The molecule has 2 nitrogen and oxygen atoms in total. The van der Waals surface area contributed by atoms with Crippen LogP contribution in [0.2, 0.25) is 0 Å². The van der Waals surface area contributed by atoms with Crippen molar-refractivity contribution in [3.63, 3.8) is 0 Å². The SMILES string of the molecule is COc1ccc(C(C)Cc2ccccc2)cc1N. The van der Waals surface area contributed by atoms with E-state index in [1.807, 2.05) is 18.2 Å². The van der Waals surface area contributed by atoms with Crippen molar-refractivity contribution < 1.29 is 4.74 Å². The molecule has 0 fully saturated rings. The van der Waals surface area contributed by atoms with Gasteiger partial charge >= 0.3 is 0 Å². The fraction of sp³-hybridized carbons (Fsp3) is 0.250. The summed E-state index contributed by atoms with van der Waals surface area (Å²) in [6.45, 7) is 2.22. The Balaban J connectivity index is 2.14. The van der Waals surface area contributed by atoms with Crippen molar-refractivity contribution in [3.8, 4) is 5.75 Å². The number of benzene rings is 2. The molecule has 2 heteroatoms. The molecule has 18 heavy (non-hydrogen) atoms.